The van der Waals surface area contributed by atoms with Crippen molar-refractivity contribution in [3.8, 4) is 0 Å². The lowest BCUT2D eigenvalue weighted by atomic mass is 9.97. The van der Waals surface area contributed by atoms with Gasteiger partial charge in [0.05, 0.1) is 6.10 Å². The molecular formula is C12H20N2O2. The minimum atomic E-state index is -0.901. The molecule has 16 heavy (non-hydrogen) atoms. The lowest BCUT2D eigenvalue weighted by molar-refractivity contribution is 0.0150. The minimum Gasteiger partial charge on any atom is -0.398 e. The predicted molar refractivity (Wildman–Crippen MR) is 65.0 cm³/mol. The van der Waals surface area contributed by atoms with E-state index in [-0.39, 0.29) is 0 Å². The Hall–Kier alpha value is -1.10. The summed E-state index contributed by atoms with van der Waals surface area (Å²) in [6.45, 7) is 4.12. The fraction of sp³-hybridized carbons (Fsp3) is 0.500. The van der Waals surface area contributed by atoms with E-state index >= 15 is 0 Å². The highest BCUT2D eigenvalue weighted by Crippen LogP contribution is 2.25. The summed E-state index contributed by atoms with van der Waals surface area (Å²) in [4.78, 5) is 0. The zero-order valence-corrected chi connectivity index (χ0v) is 9.77. The lowest BCUT2D eigenvalue weighted by Crippen LogP contribution is -2.22. The molecule has 1 aromatic carbocycles. The zero-order chi connectivity index (χ0) is 12.3. The van der Waals surface area contributed by atoms with Gasteiger partial charge in [0.1, 0.15) is 6.10 Å². The first-order valence-corrected chi connectivity index (χ1v) is 5.40. The van der Waals surface area contributed by atoms with Crippen molar-refractivity contribution in [1.29, 1.82) is 0 Å². The number of benzene rings is 1. The van der Waals surface area contributed by atoms with Crippen LogP contribution in [0.15, 0.2) is 12.1 Å². The van der Waals surface area contributed by atoms with E-state index in [0.717, 1.165) is 16.8 Å². The van der Waals surface area contributed by atoms with E-state index in [1.807, 2.05) is 13.8 Å². The van der Waals surface area contributed by atoms with Gasteiger partial charge in [-0.25, -0.2) is 0 Å². The van der Waals surface area contributed by atoms with Crippen molar-refractivity contribution in [2.24, 2.45) is 5.73 Å². The van der Waals surface area contributed by atoms with Crippen molar-refractivity contribution in [3.05, 3.63) is 28.8 Å². The summed E-state index contributed by atoms with van der Waals surface area (Å²) in [5.41, 5.74) is 14.4. The molecule has 90 valence electrons. The molecule has 0 radical (unpaired) electrons. The number of hydrogen-bond donors (Lipinski definition) is 4. The first-order chi connectivity index (χ1) is 7.47. The molecule has 4 heteroatoms. The Labute approximate surface area is 95.9 Å². The van der Waals surface area contributed by atoms with Crippen molar-refractivity contribution >= 4 is 5.69 Å². The van der Waals surface area contributed by atoms with E-state index in [4.69, 9.17) is 11.5 Å². The Morgan fingerprint density at radius 1 is 1.19 bits per heavy atom. The van der Waals surface area contributed by atoms with Crippen LogP contribution in [0.4, 0.5) is 5.69 Å². The molecule has 0 aromatic heterocycles. The molecule has 4 nitrogen and oxygen atoms in total. The van der Waals surface area contributed by atoms with Gasteiger partial charge in [-0.1, -0.05) is 12.1 Å². The molecule has 0 heterocycles. The normalized spacial score (nSPS) is 14.8. The number of anilines is 1. The molecule has 0 amide bonds. The monoisotopic (exact) mass is 224 g/mol. The Kier molecular flexibility index (Phi) is 4.29. The van der Waals surface area contributed by atoms with E-state index in [9.17, 15) is 10.2 Å². The molecule has 1 rings (SSSR count). The average Bonchev–Trinajstić information content (AvgIpc) is 2.24. The molecule has 0 saturated carbocycles. The van der Waals surface area contributed by atoms with Gasteiger partial charge in [0.2, 0.25) is 0 Å². The molecule has 0 bridgehead atoms. The van der Waals surface area contributed by atoms with Gasteiger partial charge in [0, 0.05) is 5.69 Å². The average molecular weight is 224 g/mol. The lowest BCUT2D eigenvalue weighted by Gasteiger charge is -2.19. The van der Waals surface area contributed by atoms with Gasteiger partial charge in [-0.2, -0.15) is 0 Å². The van der Waals surface area contributed by atoms with E-state index in [0.29, 0.717) is 18.5 Å². The Bertz CT molecular complexity index is 343. The van der Waals surface area contributed by atoms with Crippen LogP contribution in [0.3, 0.4) is 0 Å². The highest BCUT2D eigenvalue weighted by atomic mass is 16.3. The second-order valence-electron chi connectivity index (χ2n) is 4.16. The molecule has 0 aliphatic rings. The number of nitrogen functional groups attached to an aromatic ring is 1. The van der Waals surface area contributed by atoms with Crippen molar-refractivity contribution in [3.63, 3.8) is 0 Å². The van der Waals surface area contributed by atoms with Crippen LogP contribution < -0.4 is 11.5 Å². The van der Waals surface area contributed by atoms with Crippen LogP contribution in [-0.2, 0) is 0 Å². The number of aryl methyl sites for hydroxylation is 2. The van der Waals surface area contributed by atoms with Crippen LogP contribution in [0, 0.1) is 13.8 Å². The van der Waals surface area contributed by atoms with E-state index in [1.54, 1.807) is 12.1 Å². The van der Waals surface area contributed by atoms with Crippen LogP contribution in [0.2, 0.25) is 0 Å². The summed E-state index contributed by atoms with van der Waals surface area (Å²) in [5, 5.41) is 19.6. The van der Waals surface area contributed by atoms with Gasteiger partial charge in [-0.15, -0.1) is 0 Å². The van der Waals surface area contributed by atoms with Crippen LogP contribution >= 0.6 is 0 Å². The standard InChI is InChI=1S/C12H20N2O2/c1-7-5-9(6-8(2)11(7)14)12(16)10(15)3-4-13/h5-6,10,12,15-16H,3-4,13-14H2,1-2H3. The summed E-state index contributed by atoms with van der Waals surface area (Å²) in [6.07, 6.45) is -1.35. The topological polar surface area (TPSA) is 92.5 Å². The summed E-state index contributed by atoms with van der Waals surface area (Å²) < 4.78 is 0. The van der Waals surface area contributed by atoms with Crippen molar-refractivity contribution in [2.45, 2.75) is 32.5 Å². The predicted octanol–water partition coefficient (Wildman–Crippen LogP) is 0.629. The molecule has 1 aromatic rings. The SMILES string of the molecule is Cc1cc(C(O)C(O)CCN)cc(C)c1N. The molecule has 6 N–H and O–H groups in total. The third-order valence-corrected chi connectivity index (χ3v) is 2.78. The maximum atomic E-state index is 9.91. The Morgan fingerprint density at radius 2 is 1.69 bits per heavy atom. The molecule has 0 aliphatic heterocycles. The van der Waals surface area contributed by atoms with Gasteiger partial charge >= 0.3 is 0 Å². The second-order valence-corrected chi connectivity index (χ2v) is 4.16. The third-order valence-electron chi connectivity index (χ3n) is 2.78. The van der Waals surface area contributed by atoms with Gasteiger partial charge in [-0.05, 0) is 43.5 Å². The minimum absolute atomic E-state index is 0.352. The molecule has 2 atom stereocenters. The van der Waals surface area contributed by atoms with Crippen molar-refractivity contribution < 1.29 is 10.2 Å². The fourth-order valence-electron chi connectivity index (χ4n) is 1.73. The van der Waals surface area contributed by atoms with Gasteiger partial charge in [-0.3, -0.25) is 0 Å². The summed E-state index contributed by atoms with van der Waals surface area (Å²) in [6, 6.07) is 3.60. The van der Waals surface area contributed by atoms with Gasteiger partial charge in [0.15, 0.2) is 0 Å². The summed E-state index contributed by atoms with van der Waals surface area (Å²) in [5.74, 6) is 0. The fourth-order valence-corrected chi connectivity index (χ4v) is 1.73. The van der Waals surface area contributed by atoms with Crippen LogP contribution in [0.1, 0.15) is 29.2 Å². The zero-order valence-electron chi connectivity index (χ0n) is 9.77. The molecule has 2 unspecified atom stereocenters. The van der Waals surface area contributed by atoms with E-state index < -0.39 is 12.2 Å². The van der Waals surface area contributed by atoms with Crippen LogP contribution in [0.5, 0.6) is 0 Å². The second kappa shape index (κ2) is 5.30. The number of aliphatic hydroxyl groups is 2. The first kappa shape index (κ1) is 13.0. The molecule has 0 fully saturated rings. The number of rotatable bonds is 4. The number of hydrogen-bond acceptors (Lipinski definition) is 4. The summed E-state index contributed by atoms with van der Waals surface area (Å²) >= 11 is 0. The van der Waals surface area contributed by atoms with E-state index in [1.165, 1.54) is 0 Å². The largest absolute Gasteiger partial charge is 0.398 e. The van der Waals surface area contributed by atoms with Crippen molar-refractivity contribution in [2.75, 3.05) is 12.3 Å². The van der Waals surface area contributed by atoms with Crippen LogP contribution in [0.25, 0.3) is 0 Å². The van der Waals surface area contributed by atoms with E-state index in [2.05, 4.69) is 0 Å². The summed E-state index contributed by atoms with van der Waals surface area (Å²) in [7, 11) is 0. The maximum Gasteiger partial charge on any atom is 0.105 e. The quantitative estimate of drug-likeness (QED) is 0.564. The molecular weight excluding hydrogens is 204 g/mol. The Balaban J connectivity index is 2.96. The maximum absolute atomic E-state index is 9.91. The molecule has 0 saturated heterocycles. The Morgan fingerprint density at radius 3 is 2.12 bits per heavy atom. The third kappa shape index (κ3) is 2.72. The van der Waals surface area contributed by atoms with Gasteiger partial charge in [0.25, 0.3) is 0 Å². The highest BCUT2D eigenvalue weighted by molar-refractivity contribution is 5.54. The van der Waals surface area contributed by atoms with Gasteiger partial charge < -0.3 is 21.7 Å². The molecule has 0 spiro atoms. The van der Waals surface area contributed by atoms with Crippen molar-refractivity contribution in [1.82, 2.24) is 0 Å². The first-order valence-electron chi connectivity index (χ1n) is 5.40. The number of aliphatic hydroxyl groups excluding tert-OH is 2. The molecule has 0 aliphatic carbocycles. The van der Waals surface area contributed by atoms with Crippen LogP contribution in [-0.4, -0.2) is 22.9 Å². The highest BCUT2D eigenvalue weighted by Gasteiger charge is 2.18. The smallest absolute Gasteiger partial charge is 0.105 e. The number of nitrogens with two attached hydrogens (primary N) is 2.